The van der Waals surface area contributed by atoms with Crippen molar-refractivity contribution in [3.8, 4) is 0 Å². The van der Waals surface area contributed by atoms with Crippen LogP contribution in [0.5, 0.6) is 0 Å². The Hall–Kier alpha value is -0.0800. The van der Waals surface area contributed by atoms with Crippen LogP contribution < -0.4 is 5.32 Å². The number of nitrogens with zero attached hydrogens (tertiary/aromatic N) is 1. The van der Waals surface area contributed by atoms with Gasteiger partial charge in [-0.15, -0.1) is 0 Å². The van der Waals surface area contributed by atoms with Crippen LogP contribution in [0.1, 0.15) is 45.4 Å². The summed E-state index contributed by atoms with van der Waals surface area (Å²) in [7, 11) is 0. The van der Waals surface area contributed by atoms with Crippen molar-refractivity contribution in [2.24, 2.45) is 5.41 Å². The van der Waals surface area contributed by atoms with Gasteiger partial charge in [0.2, 0.25) is 0 Å². The molecule has 15 heavy (non-hydrogen) atoms. The van der Waals surface area contributed by atoms with Crippen LogP contribution in [0.2, 0.25) is 0 Å². The number of likely N-dealkylation sites (tertiary alicyclic amines) is 1. The summed E-state index contributed by atoms with van der Waals surface area (Å²) in [5.41, 5.74) is 0.761. The first-order valence-electron chi connectivity index (χ1n) is 6.89. The molecule has 2 nitrogen and oxygen atoms in total. The van der Waals surface area contributed by atoms with E-state index in [0.717, 1.165) is 5.41 Å². The highest BCUT2D eigenvalue weighted by molar-refractivity contribution is 4.86. The van der Waals surface area contributed by atoms with E-state index in [2.05, 4.69) is 17.1 Å². The van der Waals surface area contributed by atoms with Gasteiger partial charge in [0.1, 0.15) is 0 Å². The van der Waals surface area contributed by atoms with Crippen molar-refractivity contribution in [1.82, 2.24) is 4.90 Å². The van der Waals surface area contributed by atoms with E-state index in [4.69, 9.17) is 0 Å². The van der Waals surface area contributed by atoms with Gasteiger partial charge in [0, 0.05) is 12.8 Å². The van der Waals surface area contributed by atoms with Gasteiger partial charge in [-0.2, -0.15) is 0 Å². The van der Waals surface area contributed by atoms with Crippen molar-refractivity contribution in [2.45, 2.75) is 45.4 Å². The molecule has 2 heterocycles. The van der Waals surface area contributed by atoms with Gasteiger partial charge in [-0.3, -0.25) is 0 Å². The first-order valence-corrected chi connectivity index (χ1v) is 6.89. The van der Waals surface area contributed by atoms with Crippen LogP contribution >= 0.6 is 0 Å². The van der Waals surface area contributed by atoms with E-state index in [1.54, 1.807) is 0 Å². The van der Waals surface area contributed by atoms with Crippen molar-refractivity contribution in [1.29, 1.82) is 0 Å². The van der Waals surface area contributed by atoms with Gasteiger partial charge < -0.3 is 10.2 Å². The molecule has 0 aromatic heterocycles. The van der Waals surface area contributed by atoms with E-state index in [9.17, 15) is 0 Å². The lowest BCUT2D eigenvalue weighted by molar-refractivity contribution is -0.668. The minimum Gasteiger partial charge on any atom is -0.346 e. The zero-order chi connectivity index (χ0) is 10.6. The van der Waals surface area contributed by atoms with Crippen LogP contribution in [0.4, 0.5) is 0 Å². The Morgan fingerprint density at radius 2 is 1.73 bits per heavy atom. The van der Waals surface area contributed by atoms with Crippen molar-refractivity contribution >= 4 is 0 Å². The van der Waals surface area contributed by atoms with Crippen LogP contribution in [-0.4, -0.2) is 37.6 Å². The molecule has 0 unspecified atom stereocenters. The largest absolute Gasteiger partial charge is 0.346 e. The van der Waals surface area contributed by atoms with Crippen LogP contribution in [0.3, 0.4) is 0 Å². The topological polar surface area (TPSA) is 19.9 Å². The molecule has 0 bridgehead atoms. The number of piperidine rings is 2. The lowest BCUT2D eigenvalue weighted by Crippen LogP contribution is -2.87. The van der Waals surface area contributed by atoms with Crippen molar-refractivity contribution in [2.75, 3.05) is 32.7 Å². The Morgan fingerprint density at radius 1 is 1.07 bits per heavy atom. The summed E-state index contributed by atoms with van der Waals surface area (Å²) in [5.74, 6) is 0. The predicted molar refractivity (Wildman–Crippen MR) is 63.9 cm³/mol. The summed E-state index contributed by atoms with van der Waals surface area (Å²) < 4.78 is 0. The highest BCUT2D eigenvalue weighted by atomic mass is 15.1. The molecule has 2 aliphatic rings. The zero-order valence-corrected chi connectivity index (χ0v) is 10.3. The van der Waals surface area contributed by atoms with Crippen molar-refractivity contribution < 1.29 is 5.32 Å². The number of hydrogen-bond donors (Lipinski definition) is 1. The lowest BCUT2D eigenvalue weighted by atomic mass is 9.71. The fourth-order valence-corrected chi connectivity index (χ4v) is 3.22. The predicted octanol–water partition coefficient (Wildman–Crippen LogP) is 1.23. The van der Waals surface area contributed by atoms with Crippen LogP contribution in [0.25, 0.3) is 0 Å². The summed E-state index contributed by atoms with van der Waals surface area (Å²) in [6.45, 7) is 9.16. The third-order valence-corrected chi connectivity index (χ3v) is 4.50. The molecule has 2 N–H and O–H groups in total. The van der Waals surface area contributed by atoms with Gasteiger partial charge >= 0.3 is 0 Å². The minimum atomic E-state index is 0.761. The lowest BCUT2D eigenvalue weighted by Gasteiger charge is -2.43. The molecular weight excluding hydrogens is 184 g/mol. The molecule has 0 aromatic rings. The Labute approximate surface area is 94.4 Å². The number of quaternary nitrogens is 1. The van der Waals surface area contributed by atoms with E-state index >= 15 is 0 Å². The molecule has 0 saturated carbocycles. The minimum absolute atomic E-state index is 0.761. The third kappa shape index (κ3) is 2.94. The first-order chi connectivity index (χ1) is 7.35. The smallest absolute Gasteiger partial charge is 0.0760 e. The molecule has 2 aliphatic heterocycles. The number of hydrogen-bond acceptors (Lipinski definition) is 1. The average Bonchev–Trinajstić information content (AvgIpc) is 2.30. The van der Waals surface area contributed by atoms with Crippen LogP contribution in [0, 0.1) is 5.41 Å². The normalized spacial score (nSPS) is 27.0. The van der Waals surface area contributed by atoms with Gasteiger partial charge in [0.05, 0.1) is 13.1 Å². The zero-order valence-electron chi connectivity index (χ0n) is 10.3. The van der Waals surface area contributed by atoms with Gasteiger partial charge in [-0.05, 0) is 44.3 Å². The summed E-state index contributed by atoms with van der Waals surface area (Å²) >= 11 is 0. The fourth-order valence-electron chi connectivity index (χ4n) is 3.22. The quantitative estimate of drug-likeness (QED) is 0.744. The molecular formula is C13H27N2+. The Balaban J connectivity index is 1.75. The van der Waals surface area contributed by atoms with Gasteiger partial charge in [-0.1, -0.05) is 13.3 Å². The fraction of sp³-hybridized carbons (Fsp3) is 1.00. The summed E-state index contributed by atoms with van der Waals surface area (Å²) in [4.78, 5) is 2.69. The number of rotatable bonds is 3. The van der Waals surface area contributed by atoms with Crippen molar-refractivity contribution in [3.05, 3.63) is 0 Å². The summed E-state index contributed by atoms with van der Waals surface area (Å²) in [6, 6.07) is 0. The first kappa shape index (κ1) is 11.4. The Kier molecular flexibility index (Phi) is 4.04. The number of unbranched alkanes of at least 4 members (excludes halogenated alkanes) is 1. The van der Waals surface area contributed by atoms with E-state index in [-0.39, 0.29) is 0 Å². The van der Waals surface area contributed by atoms with E-state index in [0.29, 0.717) is 0 Å². The molecule has 0 atom stereocenters. The van der Waals surface area contributed by atoms with Gasteiger partial charge in [0.15, 0.2) is 0 Å². The summed E-state index contributed by atoms with van der Waals surface area (Å²) in [5, 5.41) is 2.49. The highest BCUT2D eigenvalue weighted by Crippen LogP contribution is 2.38. The maximum absolute atomic E-state index is 2.69. The van der Waals surface area contributed by atoms with Gasteiger partial charge in [0.25, 0.3) is 0 Å². The molecule has 0 aromatic carbocycles. The molecule has 0 aliphatic carbocycles. The van der Waals surface area contributed by atoms with E-state index in [1.807, 2.05) is 0 Å². The molecule has 2 heteroatoms. The van der Waals surface area contributed by atoms with Gasteiger partial charge in [-0.25, -0.2) is 0 Å². The molecule has 2 saturated heterocycles. The average molecular weight is 211 g/mol. The second-order valence-electron chi connectivity index (χ2n) is 5.56. The molecule has 2 rings (SSSR count). The van der Waals surface area contributed by atoms with Crippen LogP contribution in [-0.2, 0) is 0 Å². The second kappa shape index (κ2) is 5.31. The maximum Gasteiger partial charge on any atom is 0.0760 e. The van der Waals surface area contributed by atoms with Crippen molar-refractivity contribution in [3.63, 3.8) is 0 Å². The van der Waals surface area contributed by atoms with E-state index < -0.39 is 0 Å². The van der Waals surface area contributed by atoms with Crippen LogP contribution in [0.15, 0.2) is 0 Å². The molecule has 88 valence electrons. The standard InChI is InChI=1S/C13H26N2/c1-2-3-10-15-11-6-13(7-12-15)4-8-14-9-5-13/h14H,2-12H2,1H3/p+1. The second-order valence-corrected chi connectivity index (χ2v) is 5.56. The molecule has 1 spiro atoms. The highest BCUT2D eigenvalue weighted by Gasteiger charge is 2.36. The van der Waals surface area contributed by atoms with E-state index in [1.165, 1.54) is 71.2 Å². The monoisotopic (exact) mass is 211 g/mol. The SMILES string of the molecule is CCCCN1CCC2(CC[NH2+]CC2)CC1. The number of nitrogens with two attached hydrogens (primary N) is 1. The molecule has 0 radical (unpaired) electrons. The Morgan fingerprint density at radius 3 is 2.33 bits per heavy atom. The molecule has 0 amide bonds. The molecule has 2 fully saturated rings. The Bertz CT molecular complexity index is 175. The summed E-state index contributed by atoms with van der Waals surface area (Å²) in [6.07, 6.45) is 8.65. The maximum atomic E-state index is 2.69. The third-order valence-electron chi connectivity index (χ3n) is 4.50.